The van der Waals surface area contributed by atoms with Crippen molar-refractivity contribution in [3.63, 3.8) is 0 Å². The van der Waals surface area contributed by atoms with Crippen LogP contribution in [0.1, 0.15) is 0 Å². The van der Waals surface area contributed by atoms with Gasteiger partial charge < -0.3 is 4.90 Å². The number of fused-ring (bicyclic) bond motifs is 1. The molecule has 0 aliphatic carbocycles. The van der Waals surface area contributed by atoms with Gasteiger partial charge >= 0.3 is 0 Å². The minimum Gasteiger partial charge on any atom is -0.377 e. The zero-order valence-corrected chi connectivity index (χ0v) is 16.8. The Hall–Kier alpha value is -3.46. The van der Waals surface area contributed by atoms with Crippen LogP contribution in [0.25, 0.3) is 16.8 Å². The third-order valence-electron chi connectivity index (χ3n) is 4.15. The average Bonchev–Trinajstić information content (AvgIpc) is 3.14. The fourth-order valence-electron chi connectivity index (χ4n) is 2.85. The van der Waals surface area contributed by atoms with Gasteiger partial charge in [-0.05, 0) is 24.3 Å². The minimum atomic E-state index is -0.212. The molecule has 0 spiro atoms. The number of anilines is 2. The number of pyridine rings is 1. The van der Waals surface area contributed by atoms with Crippen LogP contribution >= 0.6 is 11.8 Å². The molecular formula is C20H19N7OS. The molecule has 0 aliphatic heterocycles. The fourth-order valence-corrected chi connectivity index (χ4v) is 3.46. The maximum Gasteiger partial charge on any atom is 0.249 e. The minimum absolute atomic E-state index is 0.182. The summed E-state index contributed by atoms with van der Waals surface area (Å²) in [5, 5.41) is 7.66. The summed E-state index contributed by atoms with van der Waals surface area (Å²) in [6, 6.07) is 13.8. The molecule has 1 aromatic carbocycles. The van der Waals surface area contributed by atoms with Crippen LogP contribution in [0.3, 0.4) is 0 Å². The molecule has 3 heterocycles. The maximum absolute atomic E-state index is 12.2. The Morgan fingerprint density at radius 1 is 1.10 bits per heavy atom. The zero-order chi connectivity index (χ0) is 20.2. The number of carbonyl (C=O) groups excluding carboxylic acids is 1. The molecule has 0 unspecified atom stereocenters. The normalized spacial score (nSPS) is 10.8. The van der Waals surface area contributed by atoms with Crippen molar-refractivity contribution in [1.82, 2.24) is 24.6 Å². The Morgan fingerprint density at radius 2 is 1.90 bits per heavy atom. The highest BCUT2D eigenvalue weighted by Gasteiger charge is 2.11. The number of hydrogen-bond acceptors (Lipinski definition) is 7. The second-order valence-electron chi connectivity index (χ2n) is 6.44. The summed E-state index contributed by atoms with van der Waals surface area (Å²) in [6.45, 7) is 0. The van der Waals surface area contributed by atoms with Crippen molar-refractivity contribution in [2.24, 2.45) is 0 Å². The Kier molecular flexibility index (Phi) is 5.39. The highest BCUT2D eigenvalue weighted by Crippen LogP contribution is 2.29. The lowest BCUT2D eigenvalue weighted by molar-refractivity contribution is -0.113. The molecule has 0 fully saturated rings. The molecule has 0 atom stereocenters. The molecule has 146 valence electrons. The smallest absolute Gasteiger partial charge is 0.249 e. The molecule has 0 bridgehead atoms. The number of amides is 1. The predicted octanol–water partition coefficient (Wildman–Crippen LogP) is 2.98. The van der Waals surface area contributed by atoms with Gasteiger partial charge in [-0.1, -0.05) is 30.0 Å². The Balaban J connectivity index is 1.51. The van der Waals surface area contributed by atoms with Gasteiger partial charge in [0.05, 0.1) is 5.75 Å². The molecule has 4 aromatic rings. The molecule has 29 heavy (non-hydrogen) atoms. The first-order valence-electron chi connectivity index (χ1n) is 8.93. The van der Waals surface area contributed by atoms with Gasteiger partial charge in [0.2, 0.25) is 11.9 Å². The predicted molar refractivity (Wildman–Crippen MR) is 114 cm³/mol. The molecule has 0 radical (unpaired) electrons. The van der Waals surface area contributed by atoms with E-state index < -0.39 is 0 Å². The van der Waals surface area contributed by atoms with Gasteiger partial charge in [-0.3, -0.25) is 10.1 Å². The molecule has 0 aliphatic rings. The molecular weight excluding hydrogens is 386 g/mol. The van der Waals surface area contributed by atoms with Crippen LogP contribution in [0.5, 0.6) is 0 Å². The number of nitrogens with zero attached hydrogens (tertiary/aromatic N) is 6. The number of thioether (sulfide) groups is 1. The summed E-state index contributed by atoms with van der Waals surface area (Å²) >= 11 is 1.26. The summed E-state index contributed by atoms with van der Waals surface area (Å²) in [7, 11) is 4.03. The van der Waals surface area contributed by atoms with E-state index in [0.717, 1.165) is 16.8 Å². The Morgan fingerprint density at radius 3 is 2.69 bits per heavy atom. The van der Waals surface area contributed by atoms with Crippen molar-refractivity contribution in [1.29, 1.82) is 0 Å². The molecule has 4 rings (SSSR count). The lowest BCUT2D eigenvalue weighted by atomic mass is 10.1. The van der Waals surface area contributed by atoms with E-state index >= 15 is 0 Å². The lowest BCUT2D eigenvalue weighted by Crippen LogP contribution is -2.15. The number of carbonyl (C=O) groups is 1. The van der Waals surface area contributed by atoms with E-state index in [1.807, 2.05) is 44.6 Å². The molecule has 0 saturated carbocycles. The molecule has 1 N–H and O–H groups in total. The summed E-state index contributed by atoms with van der Waals surface area (Å²) in [5.41, 5.74) is 3.88. The van der Waals surface area contributed by atoms with Crippen molar-refractivity contribution in [2.75, 3.05) is 30.1 Å². The average molecular weight is 405 g/mol. The zero-order valence-electron chi connectivity index (χ0n) is 16.0. The number of rotatable bonds is 6. The van der Waals surface area contributed by atoms with E-state index in [0.29, 0.717) is 10.8 Å². The first-order chi connectivity index (χ1) is 14.1. The van der Waals surface area contributed by atoms with Crippen LogP contribution in [0, 0.1) is 0 Å². The van der Waals surface area contributed by atoms with E-state index in [2.05, 4.69) is 42.4 Å². The second kappa shape index (κ2) is 8.27. The van der Waals surface area contributed by atoms with Crippen LogP contribution in [0.4, 0.5) is 11.6 Å². The van der Waals surface area contributed by atoms with E-state index in [9.17, 15) is 4.79 Å². The van der Waals surface area contributed by atoms with Gasteiger partial charge in [-0.2, -0.15) is 4.98 Å². The highest BCUT2D eigenvalue weighted by atomic mass is 32.2. The first-order valence-corrected chi connectivity index (χ1v) is 9.91. The van der Waals surface area contributed by atoms with Gasteiger partial charge in [0.15, 0.2) is 10.8 Å². The van der Waals surface area contributed by atoms with Gasteiger partial charge in [0, 0.05) is 49.5 Å². The van der Waals surface area contributed by atoms with Crippen molar-refractivity contribution in [3.8, 4) is 11.1 Å². The summed E-state index contributed by atoms with van der Waals surface area (Å²) in [6.07, 6.45) is 5.19. The van der Waals surface area contributed by atoms with E-state index in [4.69, 9.17) is 0 Å². The topological polar surface area (TPSA) is 88.3 Å². The number of benzene rings is 1. The maximum atomic E-state index is 12.2. The second-order valence-corrected chi connectivity index (χ2v) is 7.38. The van der Waals surface area contributed by atoms with Gasteiger partial charge in [0.1, 0.15) is 0 Å². The number of para-hydroxylation sites is 1. The van der Waals surface area contributed by atoms with Crippen LogP contribution in [-0.4, -0.2) is 50.3 Å². The summed E-state index contributed by atoms with van der Waals surface area (Å²) in [5.74, 6) is 0.236. The van der Waals surface area contributed by atoms with Crippen LogP contribution in [0.2, 0.25) is 0 Å². The molecule has 8 nitrogen and oxygen atoms in total. The Bertz CT molecular complexity index is 1140. The molecule has 9 heteroatoms. The van der Waals surface area contributed by atoms with Gasteiger partial charge in [0.25, 0.3) is 0 Å². The number of nitrogens with one attached hydrogen (secondary N) is 1. The Labute approximate surface area is 172 Å². The van der Waals surface area contributed by atoms with E-state index in [-0.39, 0.29) is 17.6 Å². The van der Waals surface area contributed by atoms with E-state index in [1.54, 1.807) is 23.0 Å². The standard InChI is InChI=1S/C20H19N7OS/c1-26(2)16-7-4-3-6-15(16)14-8-9-17-23-19(25-27(17)12-14)24-18(28)13-29-20-21-10-5-11-22-20/h3-12H,13H2,1-2H3,(H,24,25,28). The number of hydrogen-bond donors (Lipinski definition) is 1. The lowest BCUT2D eigenvalue weighted by Gasteiger charge is -2.17. The van der Waals surface area contributed by atoms with Crippen molar-refractivity contribution in [2.45, 2.75) is 5.16 Å². The van der Waals surface area contributed by atoms with Crippen LogP contribution in [-0.2, 0) is 4.79 Å². The summed E-state index contributed by atoms with van der Waals surface area (Å²) < 4.78 is 1.67. The SMILES string of the molecule is CN(C)c1ccccc1-c1ccc2nc(NC(=O)CSc3ncccn3)nn2c1. The largest absolute Gasteiger partial charge is 0.377 e. The van der Waals surface area contributed by atoms with E-state index in [1.165, 1.54) is 11.8 Å². The first kappa shape index (κ1) is 18.9. The van der Waals surface area contributed by atoms with Crippen molar-refractivity contribution in [3.05, 3.63) is 61.1 Å². The highest BCUT2D eigenvalue weighted by molar-refractivity contribution is 7.99. The van der Waals surface area contributed by atoms with Crippen molar-refractivity contribution >= 4 is 35.0 Å². The van der Waals surface area contributed by atoms with Gasteiger partial charge in [-0.25, -0.2) is 14.5 Å². The third kappa shape index (κ3) is 4.35. The summed E-state index contributed by atoms with van der Waals surface area (Å²) in [4.78, 5) is 26.8. The van der Waals surface area contributed by atoms with Crippen LogP contribution in [0.15, 0.2) is 66.2 Å². The molecule has 3 aromatic heterocycles. The monoisotopic (exact) mass is 405 g/mol. The quantitative estimate of drug-likeness (QED) is 0.390. The third-order valence-corrected chi connectivity index (χ3v) is 5.03. The van der Waals surface area contributed by atoms with Crippen LogP contribution < -0.4 is 10.2 Å². The van der Waals surface area contributed by atoms with Crippen molar-refractivity contribution < 1.29 is 4.79 Å². The molecule has 0 saturated heterocycles. The van der Waals surface area contributed by atoms with Gasteiger partial charge in [-0.15, -0.1) is 5.10 Å². The molecule has 1 amide bonds. The fraction of sp³-hybridized carbons (Fsp3) is 0.150. The number of aromatic nitrogens is 5.